The van der Waals surface area contributed by atoms with E-state index in [9.17, 15) is 5.11 Å². The number of ether oxygens (including phenoxy) is 3. The Morgan fingerprint density at radius 2 is 1.28 bits per heavy atom. The molecule has 0 bridgehead atoms. The van der Waals surface area contributed by atoms with Crippen molar-refractivity contribution in [2.75, 3.05) is 20.8 Å². The molecule has 0 amide bonds. The number of benzene rings is 2. The summed E-state index contributed by atoms with van der Waals surface area (Å²) in [6, 6.07) is 15.2. The number of rotatable bonds is 7. The number of hydrogen-bond acceptors (Lipinski definition) is 4. The maximum Gasteiger partial charge on any atom is 0.172 e. The molecular weight excluding hydrogens is 364 g/mol. The van der Waals surface area contributed by atoms with Gasteiger partial charge < -0.3 is 19.3 Å². The third kappa shape index (κ3) is 5.91. The zero-order chi connectivity index (χ0) is 21.3. The van der Waals surface area contributed by atoms with Gasteiger partial charge >= 0.3 is 0 Å². The highest BCUT2D eigenvalue weighted by atomic mass is 16.5. The van der Waals surface area contributed by atoms with Gasteiger partial charge in [0.25, 0.3) is 0 Å². The van der Waals surface area contributed by atoms with Gasteiger partial charge in [0.05, 0.1) is 20.8 Å². The van der Waals surface area contributed by atoms with Crippen LogP contribution in [0, 0.1) is 12.0 Å². The van der Waals surface area contributed by atoms with Crippen LogP contribution in [0.5, 0.6) is 11.5 Å². The van der Waals surface area contributed by atoms with Crippen LogP contribution in [0.4, 0.5) is 0 Å². The van der Waals surface area contributed by atoms with Crippen LogP contribution < -0.4 is 9.47 Å². The molecule has 0 atom stereocenters. The van der Waals surface area contributed by atoms with E-state index in [4.69, 9.17) is 14.2 Å². The molecule has 0 saturated carbocycles. The minimum Gasteiger partial charge on any atom is -0.497 e. The summed E-state index contributed by atoms with van der Waals surface area (Å²) in [4.78, 5) is 0. The monoisotopic (exact) mass is 392 g/mol. The highest BCUT2D eigenvalue weighted by molar-refractivity contribution is 5.65. The highest BCUT2D eigenvalue weighted by Crippen LogP contribution is 2.29. The van der Waals surface area contributed by atoms with E-state index < -0.39 is 5.60 Å². The lowest BCUT2D eigenvalue weighted by Crippen LogP contribution is -2.29. The van der Waals surface area contributed by atoms with Crippen molar-refractivity contribution < 1.29 is 19.3 Å². The fourth-order valence-corrected chi connectivity index (χ4v) is 2.80. The number of hydrogen-bond donors (Lipinski definition) is 1. The normalized spacial score (nSPS) is 12.1. The van der Waals surface area contributed by atoms with E-state index in [2.05, 4.69) is 12.0 Å². The predicted octanol–water partition coefficient (Wildman–Crippen LogP) is 4.94. The Hall–Kier alpha value is -3.16. The molecule has 0 saturated heterocycles. The summed E-state index contributed by atoms with van der Waals surface area (Å²) in [5.74, 6) is 4.44. The Morgan fingerprint density at radius 3 is 1.62 bits per heavy atom. The molecule has 29 heavy (non-hydrogen) atoms. The molecule has 0 aromatic heterocycles. The van der Waals surface area contributed by atoms with Crippen molar-refractivity contribution in [3.8, 4) is 23.5 Å². The van der Waals surface area contributed by atoms with Crippen LogP contribution >= 0.6 is 0 Å². The van der Waals surface area contributed by atoms with Gasteiger partial charge in [-0.1, -0.05) is 36.4 Å². The van der Waals surface area contributed by atoms with Crippen molar-refractivity contribution in [1.82, 2.24) is 0 Å². The zero-order valence-corrected chi connectivity index (χ0v) is 17.7. The van der Waals surface area contributed by atoms with E-state index in [1.807, 2.05) is 81.5 Å². The van der Waals surface area contributed by atoms with E-state index in [0.29, 0.717) is 17.8 Å². The van der Waals surface area contributed by atoms with Crippen molar-refractivity contribution in [3.05, 3.63) is 70.8 Å². The van der Waals surface area contributed by atoms with Crippen LogP contribution in [0.3, 0.4) is 0 Å². The molecule has 0 aliphatic carbocycles. The van der Waals surface area contributed by atoms with Crippen LogP contribution in [0.15, 0.2) is 59.7 Å². The average Bonchev–Trinajstić information content (AvgIpc) is 2.74. The lowest BCUT2D eigenvalue weighted by Gasteiger charge is -2.25. The summed E-state index contributed by atoms with van der Waals surface area (Å²) in [6.45, 7) is 6.02. The van der Waals surface area contributed by atoms with E-state index in [-0.39, 0.29) is 0 Å². The Bertz CT molecular complexity index is 847. The maximum atomic E-state index is 11.5. The standard InChI is InChI=1S/C25H28O4/c1-6-29-16-15-25(26,19(2)17-21-7-11-23(27-4)12-8-21)20(3)18-22-9-13-24(28-5)14-10-22/h7-14,17-18,26H,6H2,1-5H3/b19-17+,20-18+. The molecule has 4 heteroatoms. The molecule has 0 aliphatic heterocycles. The van der Waals surface area contributed by atoms with E-state index >= 15 is 0 Å². The van der Waals surface area contributed by atoms with Crippen molar-refractivity contribution >= 4 is 12.2 Å². The van der Waals surface area contributed by atoms with E-state index in [1.165, 1.54) is 0 Å². The second-order valence-corrected chi connectivity index (χ2v) is 6.57. The molecule has 1 N–H and O–H groups in total. The summed E-state index contributed by atoms with van der Waals surface area (Å²) in [6.07, 6.45) is 6.44. The van der Waals surface area contributed by atoms with Crippen LogP contribution in [-0.4, -0.2) is 31.5 Å². The first-order valence-corrected chi connectivity index (χ1v) is 9.45. The molecule has 0 aliphatic rings. The molecule has 2 aromatic rings. The molecule has 152 valence electrons. The second kappa shape index (κ2) is 10.4. The third-order valence-electron chi connectivity index (χ3n) is 4.59. The molecule has 2 aromatic carbocycles. The minimum absolute atomic E-state index is 0.450. The third-order valence-corrected chi connectivity index (χ3v) is 4.59. The summed E-state index contributed by atoms with van der Waals surface area (Å²) in [5, 5.41) is 11.5. The van der Waals surface area contributed by atoms with Crippen LogP contribution in [0.25, 0.3) is 12.2 Å². The lowest BCUT2D eigenvalue weighted by molar-refractivity contribution is 0.178. The van der Waals surface area contributed by atoms with Gasteiger partial charge in [0.15, 0.2) is 5.60 Å². The summed E-state index contributed by atoms with van der Waals surface area (Å²) in [7, 11) is 3.26. The summed E-state index contributed by atoms with van der Waals surface area (Å²) >= 11 is 0. The van der Waals surface area contributed by atoms with Crippen LogP contribution in [-0.2, 0) is 4.74 Å². The zero-order valence-electron chi connectivity index (χ0n) is 17.7. The van der Waals surface area contributed by atoms with E-state index in [1.54, 1.807) is 14.2 Å². The first-order chi connectivity index (χ1) is 13.9. The molecule has 0 fully saturated rings. The lowest BCUT2D eigenvalue weighted by atomic mass is 9.86. The quantitative estimate of drug-likeness (QED) is 0.678. The van der Waals surface area contributed by atoms with Gasteiger partial charge in [-0.05, 0) is 73.2 Å². The average molecular weight is 392 g/mol. The van der Waals surface area contributed by atoms with E-state index in [0.717, 1.165) is 22.6 Å². The summed E-state index contributed by atoms with van der Waals surface area (Å²) in [5.41, 5.74) is 1.80. The Labute approximate surface area is 173 Å². The number of methoxy groups -OCH3 is 2. The maximum absolute atomic E-state index is 11.5. The molecule has 0 radical (unpaired) electrons. The van der Waals surface area contributed by atoms with Crippen molar-refractivity contribution in [2.45, 2.75) is 26.4 Å². The second-order valence-electron chi connectivity index (χ2n) is 6.57. The van der Waals surface area contributed by atoms with Crippen LogP contribution in [0.2, 0.25) is 0 Å². The first kappa shape index (κ1) is 22.1. The molecule has 0 unspecified atom stereocenters. The minimum atomic E-state index is -1.46. The van der Waals surface area contributed by atoms with Gasteiger partial charge in [0.2, 0.25) is 0 Å². The van der Waals surface area contributed by atoms with Crippen molar-refractivity contribution in [3.63, 3.8) is 0 Å². The van der Waals surface area contributed by atoms with Crippen molar-refractivity contribution in [1.29, 1.82) is 0 Å². The van der Waals surface area contributed by atoms with Crippen molar-refractivity contribution in [2.24, 2.45) is 0 Å². The molecule has 0 spiro atoms. The Morgan fingerprint density at radius 1 is 0.862 bits per heavy atom. The fourth-order valence-electron chi connectivity index (χ4n) is 2.80. The first-order valence-electron chi connectivity index (χ1n) is 9.45. The van der Waals surface area contributed by atoms with Gasteiger partial charge in [0.1, 0.15) is 17.6 Å². The van der Waals surface area contributed by atoms with Gasteiger partial charge in [-0.25, -0.2) is 0 Å². The van der Waals surface area contributed by atoms with Crippen LogP contribution in [0.1, 0.15) is 31.9 Å². The number of aliphatic hydroxyl groups is 1. The molecule has 4 nitrogen and oxygen atoms in total. The van der Waals surface area contributed by atoms with Gasteiger partial charge in [0, 0.05) is 0 Å². The smallest absolute Gasteiger partial charge is 0.172 e. The molecule has 2 rings (SSSR count). The largest absolute Gasteiger partial charge is 0.497 e. The molecular formula is C25H28O4. The van der Waals surface area contributed by atoms with Gasteiger partial charge in [-0.2, -0.15) is 0 Å². The highest BCUT2D eigenvalue weighted by Gasteiger charge is 2.29. The fraction of sp³-hybridized carbons (Fsp3) is 0.280. The van der Waals surface area contributed by atoms with Gasteiger partial charge in [-0.3, -0.25) is 0 Å². The Balaban J connectivity index is 2.43. The predicted molar refractivity (Wildman–Crippen MR) is 118 cm³/mol. The molecule has 0 heterocycles. The SMILES string of the molecule is CCOC#CC(O)(/C(C)=C/c1ccc(OC)cc1)/C(C)=C/c1ccc(OC)cc1. The van der Waals surface area contributed by atoms with Gasteiger partial charge in [-0.15, -0.1) is 0 Å². The summed E-state index contributed by atoms with van der Waals surface area (Å²) < 4.78 is 15.6. The Kier molecular flexibility index (Phi) is 7.94. The topological polar surface area (TPSA) is 47.9 Å².